The van der Waals surface area contributed by atoms with E-state index in [4.69, 9.17) is 17.2 Å². The lowest BCUT2D eigenvalue weighted by Crippen LogP contribution is -2.23. The Morgan fingerprint density at radius 3 is 1.87 bits per heavy atom. The van der Waals surface area contributed by atoms with Crippen molar-refractivity contribution in [3.8, 4) is 20.9 Å². The molecule has 0 saturated carbocycles. The molecule has 8 N–H and O–H groups in total. The highest BCUT2D eigenvalue weighted by atomic mass is 32.1. The van der Waals surface area contributed by atoms with Gasteiger partial charge in [-0.15, -0.1) is 11.3 Å². The van der Waals surface area contributed by atoms with Crippen LogP contribution in [0.5, 0.6) is 0 Å². The number of thiophene rings is 1. The van der Waals surface area contributed by atoms with Gasteiger partial charge in [0.15, 0.2) is 5.96 Å². The van der Waals surface area contributed by atoms with Gasteiger partial charge in [-0.2, -0.15) is 0 Å². The fourth-order valence-electron chi connectivity index (χ4n) is 2.99. The van der Waals surface area contributed by atoms with Gasteiger partial charge in [0.1, 0.15) is 0 Å². The Kier molecular flexibility index (Phi) is 9.57. The van der Waals surface area contributed by atoms with E-state index < -0.39 is 0 Å². The number of rotatable bonds is 8. The molecule has 0 spiro atoms. The number of nitrogens with zero attached hydrogens (tertiary/aromatic N) is 2. The molecule has 1 heterocycles. The zero-order chi connectivity index (χ0) is 21.8. The molecule has 0 aliphatic heterocycles. The molecule has 0 saturated heterocycles. The van der Waals surface area contributed by atoms with Gasteiger partial charge in [-0.25, -0.2) is 0 Å². The van der Waals surface area contributed by atoms with E-state index in [0.717, 1.165) is 12.8 Å². The first kappa shape index (κ1) is 23.1. The minimum Gasteiger partial charge on any atom is -0.390 e. The molecule has 3 rings (SSSR count). The van der Waals surface area contributed by atoms with Crippen LogP contribution in [0, 0.1) is 0 Å². The largest absolute Gasteiger partial charge is 0.390 e. The van der Waals surface area contributed by atoms with Gasteiger partial charge in [0, 0.05) is 22.8 Å². The highest BCUT2D eigenvalue weighted by molar-refractivity contribution is 7.18. The van der Waals surface area contributed by atoms with Crippen LogP contribution in [0.25, 0.3) is 20.9 Å². The van der Waals surface area contributed by atoms with Crippen LogP contribution in [0.3, 0.4) is 0 Å². The summed E-state index contributed by atoms with van der Waals surface area (Å²) in [5.41, 5.74) is 25.5. The molecule has 158 valence electrons. The van der Waals surface area contributed by atoms with Gasteiger partial charge < -0.3 is 22.9 Å². The van der Waals surface area contributed by atoms with E-state index in [1.54, 1.807) is 11.3 Å². The summed E-state index contributed by atoms with van der Waals surface area (Å²) >= 11 is 1.80. The molecule has 0 aliphatic rings. The van der Waals surface area contributed by atoms with Crippen molar-refractivity contribution in [1.29, 1.82) is 0 Å². The summed E-state index contributed by atoms with van der Waals surface area (Å²) < 4.78 is 0. The molecule has 0 bridgehead atoms. The molecule has 30 heavy (non-hydrogen) atoms. The van der Waals surface area contributed by atoms with Crippen LogP contribution in [0.1, 0.15) is 11.1 Å². The standard InChI is InChI=1S/C22H25N5S.CH5N/c23-15-26-11-9-16-3-1-5-18(13-16)20-7-8-21(28-20)19-6-2-4-17(14-19)10-12-27-22(24)25;1-2/h1-8,13-15H,9-12H2,(H2,23,26)(H4,24,25,27);2H2,1H3. The number of hydrogen-bond donors (Lipinski definition) is 4. The molecule has 6 nitrogen and oxygen atoms in total. The predicted molar refractivity (Wildman–Crippen MR) is 131 cm³/mol. The van der Waals surface area contributed by atoms with Crippen molar-refractivity contribution in [2.75, 3.05) is 20.1 Å². The van der Waals surface area contributed by atoms with Gasteiger partial charge in [0.05, 0.1) is 6.34 Å². The summed E-state index contributed by atoms with van der Waals surface area (Å²) in [6.07, 6.45) is 3.07. The van der Waals surface area contributed by atoms with Crippen LogP contribution < -0.4 is 22.9 Å². The molecule has 7 heteroatoms. The quantitative estimate of drug-likeness (QED) is 0.328. The molecule has 0 amide bonds. The maximum atomic E-state index is 5.40. The van der Waals surface area contributed by atoms with Crippen molar-refractivity contribution in [3.05, 3.63) is 71.8 Å². The van der Waals surface area contributed by atoms with Gasteiger partial charge in [-0.1, -0.05) is 48.5 Å². The van der Waals surface area contributed by atoms with Crippen LogP contribution in [0.2, 0.25) is 0 Å². The number of nitrogens with two attached hydrogens (primary N) is 4. The third-order valence-corrected chi connectivity index (χ3v) is 5.54. The van der Waals surface area contributed by atoms with E-state index in [1.807, 2.05) is 0 Å². The van der Waals surface area contributed by atoms with Crippen LogP contribution in [0.15, 0.2) is 70.6 Å². The van der Waals surface area contributed by atoms with E-state index in [-0.39, 0.29) is 5.96 Å². The Morgan fingerprint density at radius 1 is 0.833 bits per heavy atom. The first-order valence-electron chi connectivity index (χ1n) is 9.77. The molecule has 0 unspecified atom stereocenters. The van der Waals surface area contributed by atoms with Crippen LogP contribution in [0.4, 0.5) is 0 Å². The lowest BCUT2D eigenvalue weighted by atomic mass is 10.1. The summed E-state index contributed by atoms with van der Waals surface area (Å²) in [5.74, 6) is 0.135. The van der Waals surface area contributed by atoms with Crippen molar-refractivity contribution in [2.24, 2.45) is 32.9 Å². The number of guanidine groups is 1. The molecule has 1 aromatic heterocycles. The Bertz CT molecular complexity index is 973. The second-order valence-electron chi connectivity index (χ2n) is 6.43. The minimum atomic E-state index is 0.135. The average Bonchev–Trinajstić information content (AvgIpc) is 3.26. The molecule has 0 atom stereocenters. The van der Waals surface area contributed by atoms with Crippen LogP contribution in [-0.2, 0) is 12.8 Å². The fraction of sp³-hybridized carbons (Fsp3) is 0.217. The summed E-state index contributed by atoms with van der Waals surface area (Å²) in [6, 6.07) is 21.5. The van der Waals surface area contributed by atoms with Crippen molar-refractivity contribution in [3.63, 3.8) is 0 Å². The van der Waals surface area contributed by atoms with E-state index in [0.29, 0.717) is 13.1 Å². The zero-order valence-corrected chi connectivity index (χ0v) is 18.1. The molecular formula is C23H30N6S. The molecule has 2 aromatic carbocycles. The maximum Gasteiger partial charge on any atom is 0.185 e. The van der Waals surface area contributed by atoms with Crippen LogP contribution in [-0.4, -0.2) is 32.4 Å². The summed E-state index contributed by atoms with van der Waals surface area (Å²) in [6.45, 7) is 1.31. The van der Waals surface area contributed by atoms with E-state index in [1.165, 1.54) is 45.4 Å². The van der Waals surface area contributed by atoms with E-state index in [9.17, 15) is 0 Å². The van der Waals surface area contributed by atoms with Gasteiger partial charge in [-0.05, 0) is 54.3 Å². The van der Waals surface area contributed by atoms with Crippen molar-refractivity contribution in [1.82, 2.24) is 0 Å². The molecule has 0 fully saturated rings. The topological polar surface area (TPSA) is 129 Å². The summed E-state index contributed by atoms with van der Waals surface area (Å²) in [7, 11) is 1.50. The second-order valence-corrected chi connectivity index (χ2v) is 7.51. The van der Waals surface area contributed by atoms with E-state index >= 15 is 0 Å². The minimum absolute atomic E-state index is 0.135. The Balaban J connectivity index is 0.00000155. The Hall–Kier alpha value is -3.16. The monoisotopic (exact) mass is 422 g/mol. The SMILES string of the molecule is CN.NC=NCCc1cccc(-c2ccc(-c3cccc(CCN=C(N)N)c3)s2)c1. The van der Waals surface area contributed by atoms with Crippen molar-refractivity contribution >= 4 is 23.6 Å². The van der Waals surface area contributed by atoms with E-state index in [2.05, 4.69) is 76.4 Å². The van der Waals surface area contributed by atoms with Crippen molar-refractivity contribution < 1.29 is 0 Å². The lowest BCUT2D eigenvalue weighted by Gasteiger charge is -2.04. The molecule has 0 radical (unpaired) electrons. The fourth-order valence-corrected chi connectivity index (χ4v) is 3.99. The third kappa shape index (κ3) is 7.02. The predicted octanol–water partition coefficient (Wildman–Crippen LogP) is 3.00. The first-order chi connectivity index (χ1) is 14.7. The first-order valence-corrected chi connectivity index (χ1v) is 10.6. The van der Waals surface area contributed by atoms with Crippen molar-refractivity contribution in [2.45, 2.75) is 12.8 Å². The smallest absolute Gasteiger partial charge is 0.185 e. The molecular weight excluding hydrogens is 392 g/mol. The van der Waals surface area contributed by atoms with Gasteiger partial charge in [0.25, 0.3) is 0 Å². The molecule has 3 aromatic rings. The number of hydrogen-bond acceptors (Lipinski definition) is 4. The highest BCUT2D eigenvalue weighted by Crippen LogP contribution is 2.35. The summed E-state index contributed by atoms with van der Waals surface area (Å²) in [4.78, 5) is 10.6. The van der Waals surface area contributed by atoms with Crippen LogP contribution >= 0.6 is 11.3 Å². The zero-order valence-electron chi connectivity index (χ0n) is 17.3. The summed E-state index contributed by atoms with van der Waals surface area (Å²) in [5, 5.41) is 0. The third-order valence-electron chi connectivity index (χ3n) is 4.36. The van der Waals surface area contributed by atoms with Gasteiger partial charge in [0.2, 0.25) is 0 Å². The second kappa shape index (κ2) is 12.4. The lowest BCUT2D eigenvalue weighted by molar-refractivity contribution is 0.963. The highest BCUT2D eigenvalue weighted by Gasteiger charge is 2.07. The number of aliphatic imine (C=N–C) groups is 2. The normalized spacial score (nSPS) is 10.5. The van der Waals surface area contributed by atoms with Gasteiger partial charge >= 0.3 is 0 Å². The average molecular weight is 423 g/mol. The maximum absolute atomic E-state index is 5.40. The number of benzene rings is 2. The van der Waals surface area contributed by atoms with Gasteiger partial charge in [-0.3, -0.25) is 9.98 Å². The molecule has 0 aliphatic carbocycles. The Labute approximate surface area is 182 Å². The Morgan fingerprint density at radius 2 is 1.37 bits per heavy atom.